The van der Waals surface area contributed by atoms with E-state index in [4.69, 9.17) is 0 Å². The van der Waals surface area contributed by atoms with Gasteiger partial charge in [0.05, 0.1) is 0 Å². The molecule has 5 heteroatoms. The fourth-order valence-electron chi connectivity index (χ4n) is 2.99. The van der Waals surface area contributed by atoms with Crippen LogP contribution < -0.4 is 5.32 Å². The van der Waals surface area contributed by atoms with Crippen LogP contribution in [0.1, 0.15) is 36.8 Å². The van der Waals surface area contributed by atoms with Gasteiger partial charge in [0.25, 0.3) is 0 Å². The summed E-state index contributed by atoms with van der Waals surface area (Å²) in [4.78, 5) is 16.4. The summed E-state index contributed by atoms with van der Waals surface area (Å²) in [5.41, 5.74) is 2.42. The lowest BCUT2D eigenvalue weighted by Crippen LogP contribution is -2.16. The zero-order chi connectivity index (χ0) is 18.2. The molecule has 1 unspecified atom stereocenters. The number of hydrogen-bond donors (Lipinski definition) is 1. The van der Waals surface area contributed by atoms with Gasteiger partial charge in [-0.3, -0.25) is 14.5 Å². The van der Waals surface area contributed by atoms with Crippen molar-refractivity contribution in [3.63, 3.8) is 0 Å². The summed E-state index contributed by atoms with van der Waals surface area (Å²) in [5.74, 6) is 0.831. The normalized spacial score (nSPS) is 11.9. The molecule has 2 heterocycles. The average molecular weight is 348 g/mol. The Balaban J connectivity index is 1.52. The largest absolute Gasteiger partial charge is 0.309 e. The van der Waals surface area contributed by atoms with Crippen LogP contribution in [-0.2, 0) is 17.8 Å². The lowest BCUT2D eigenvalue weighted by molar-refractivity contribution is -0.116. The summed E-state index contributed by atoms with van der Waals surface area (Å²) in [6, 6.07) is 16.0. The number of rotatable bonds is 8. The number of carbonyl (C=O) groups is 1. The maximum Gasteiger partial charge on any atom is 0.226 e. The van der Waals surface area contributed by atoms with Crippen LogP contribution >= 0.6 is 0 Å². The molecule has 1 atom stereocenters. The molecule has 0 fully saturated rings. The van der Waals surface area contributed by atoms with Crippen molar-refractivity contribution in [2.24, 2.45) is 0 Å². The molecule has 1 aromatic carbocycles. The second-order valence-corrected chi connectivity index (χ2v) is 6.34. The molecular formula is C21H24N4O. The monoisotopic (exact) mass is 348 g/mol. The molecular weight excluding hydrogens is 324 g/mol. The second kappa shape index (κ2) is 8.94. The highest BCUT2D eigenvalue weighted by atomic mass is 16.1. The molecule has 0 aliphatic heterocycles. The van der Waals surface area contributed by atoms with Crippen molar-refractivity contribution in [2.45, 2.75) is 38.6 Å². The molecule has 3 aromatic rings. The van der Waals surface area contributed by atoms with Crippen molar-refractivity contribution in [1.29, 1.82) is 0 Å². The third-order valence-electron chi connectivity index (χ3n) is 4.48. The van der Waals surface area contributed by atoms with E-state index in [9.17, 15) is 4.79 Å². The SMILES string of the molecule is CCC(CC(=O)Nc1ccn(CCc2ccncc2)n1)c1ccccc1. The number of anilines is 1. The van der Waals surface area contributed by atoms with Crippen LogP contribution in [0.5, 0.6) is 0 Å². The van der Waals surface area contributed by atoms with Crippen molar-refractivity contribution < 1.29 is 4.79 Å². The fourth-order valence-corrected chi connectivity index (χ4v) is 2.99. The van der Waals surface area contributed by atoms with Gasteiger partial charge in [0.2, 0.25) is 5.91 Å². The van der Waals surface area contributed by atoms with E-state index >= 15 is 0 Å². The Kier molecular flexibility index (Phi) is 6.14. The van der Waals surface area contributed by atoms with Gasteiger partial charge in [-0.15, -0.1) is 0 Å². The van der Waals surface area contributed by atoms with Gasteiger partial charge in [-0.1, -0.05) is 37.3 Å². The van der Waals surface area contributed by atoms with Gasteiger partial charge >= 0.3 is 0 Å². The maximum atomic E-state index is 12.4. The van der Waals surface area contributed by atoms with Crippen molar-refractivity contribution in [1.82, 2.24) is 14.8 Å². The average Bonchev–Trinajstić information content (AvgIpc) is 3.13. The van der Waals surface area contributed by atoms with Crippen LogP contribution in [0, 0.1) is 0 Å². The molecule has 0 saturated heterocycles. The summed E-state index contributed by atoms with van der Waals surface area (Å²) in [7, 11) is 0. The van der Waals surface area contributed by atoms with Crippen LogP contribution in [-0.4, -0.2) is 20.7 Å². The van der Waals surface area contributed by atoms with E-state index in [2.05, 4.69) is 34.5 Å². The third kappa shape index (κ3) is 5.02. The lowest BCUT2D eigenvalue weighted by Gasteiger charge is -2.14. The predicted octanol–water partition coefficient (Wildman–Crippen LogP) is 4.04. The Labute approximate surface area is 154 Å². The molecule has 3 rings (SSSR count). The van der Waals surface area contributed by atoms with Crippen molar-refractivity contribution in [2.75, 3.05) is 5.32 Å². The molecule has 5 nitrogen and oxygen atoms in total. The van der Waals surface area contributed by atoms with Crippen LogP contribution in [0.3, 0.4) is 0 Å². The first-order valence-corrected chi connectivity index (χ1v) is 9.01. The maximum absolute atomic E-state index is 12.4. The number of amides is 1. The summed E-state index contributed by atoms with van der Waals surface area (Å²) in [6.45, 7) is 2.88. The predicted molar refractivity (Wildman–Crippen MR) is 103 cm³/mol. The first-order chi connectivity index (χ1) is 12.7. The smallest absolute Gasteiger partial charge is 0.226 e. The minimum atomic E-state index is 0.0000804. The first-order valence-electron chi connectivity index (χ1n) is 9.01. The number of nitrogens with one attached hydrogen (secondary N) is 1. The molecule has 0 aliphatic carbocycles. The molecule has 26 heavy (non-hydrogen) atoms. The second-order valence-electron chi connectivity index (χ2n) is 6.34. The molecule has 134 valence electrons. The number of aryl methyl sites for hydroxylation is 2. The summed E-state index contributed by atoms with van der Waals surface area (Å²) in [6.07, 6.45) is 7.75. The van der Waals surface area contributed by atoms with E-state index in [0.717, 1.165) is 19.4 Å². The lowest BCUT2D eigenvalue weighted by atomic mass is 9.93. The Morgan fingerprint density at radius 1 is 1.12 bits per heavy atom. The number of benzene rings is 1. The van der Waals surface area contributed by atoms with Gasteiger partial charge in [-0.05, 0) is 42.0 Å². The Morgan fingerprint density at radius 3 is 2.62 bits per heavy atom. The Morgan fingerprint density at radius 2 is 1.88 bits per heavy atom. The molecule has 0 radical (unpaired) electrons. The van der Waals surface area contributed by atoms with Crippen LogP contribution in [0.15, 0.2) is 67.1 Å². The highest BCUT2D eigenvalue weighted by Crippen LogP contribution is 2.23. The van der Waals surface area contributed by atoms with E-state index < -0.39 is 0 Å². The molecule has 1 N–H and O–H groups in total. The van der Waals surface area contributed by atoms with Crippen LogP contribution in [0.4, 0.5) is 5.82 Å². The summed E-state index contributed by atoms with van der Waals surface area (Å²) >= 11 is 0. The third-order valence-corrected chi connectivity index (χ3v) is 4.48. The molecule has 0 saturated carbocycles. The molecule has 0 spiro atoms. The molecule has 0 bridgehead atoms. The quantitative estimate of drug-likeness (QED) is 0.668. The van der Waals surface area contributed by atoms with E-state index in [0.29, 0.717) is 12.2 Å². The minimum absolute atomic E-state index is 0.0000804. The van der Waals surface area contributed by atoms with Crippen LogP contribution in [0.2, 0.25) is 0 Å². The van der Waals surface area contributed by atoms with Crippen LogP contribution in [0.25, 0.3) is 0 Å². The molecule has 2 aromatic heterocycles. The highest BCUT2D eigenvalue weighted by Gasteiger charge is 2.15. The molecule has 1 amide bonds. The van der Waals surface area contributed by atoms with Gasteiger partial charge in [-0.2, -0.15) is 5.10 Å². The Hall–Kier alpha value is -2.95. The standard InChI is InChI=1S/C21H24N4O/c1-2-18(19-6-4-3-5-7-19)16-21(26)23-20-11-15-25(24-20)14-10-17-8-12-22-13-9-17/h3-9,11-13,15,18H,2,10,14,16H2,1H3,(H,23,24,26). The van der Waals surface area contributed by atoms with Gasteiger partial charge < -0.3 is 5.32 Å². The van der Waals surface area contributed by atoms with Crippen molar-refractivity contribution in [3.8, 4) is 0 Å². The first kappa shape index (κ1) is 17.9. The number of carbonyl (C=O) groups excluding carboxylic acids is 1. The zero-order valence-corrected chi connectivity index (χ0v) is 15.0. The Bertz CT molecular complexity index is 814. The van der Waals surface area contributed by atoms with Crippen molar-refractivity contribution in [3.05, 3.63) is 78.2 Å². The number of hydrogen-bond acceptors (Lipinski definition) is 3. The number of nitrogens with zero attached hydrogens (tertiary/aromatic N) is 3. The zero-order valence-electron chi connectivity index (χ0n) is 15.0. The summed E-state index contributed by atoms with van der Waals surface area (Å²) < 4.78 is 1.85. The minimum Gasteiger partial charge on any atom is -0.309 e. The van der Waals surface area contributed by atoms with Crippen molar-refractivity contribution >= 4 is 11.7 Å². The van der Waals surface area contributed by atoms with E-state index in [1.807, 2.05) is 47.3 Å². The fraction of sp³-hybridized carbons (Fsp3) is 0.286. The highest BCUT2D eigenvalue weighted by molar-refractivity contribution is 5.90. The van der Waals surface area contributed by atoms with E-state index in [-0.39, 0.29) is 11.8 Å². The van der Waals surface area contributed by atoms with Gasteiger partial charge in [0.1, 0.15) is 0 Å². The molecule has 0 aliphatic rings. The summed E-state index contributed by atoms with van der Waals surface area (Å²) in [5, 5.41) is 7.35. The van der Waals surface area contributed by atoms with Gasteiger partial charge in [0.15, 0.2) is 5.82 Å². The van der Waals surface area contributed by atoms with E-state index in [1.54, 1.807) is 12.4 Å². The number of aromatic nitrogens is 3. The van der Waals surface area contributed by atoms with E-state index in [1.165, 1.54) is 11.1 Å². The topological polar surface area (TPSA) is 59.8 Å². The van der Waals surface area contributed by atoms with Gasteiger partial charge in [-0.25, -0.2) is 0 Å². The van der Waals surface area contributed by atoms with Gasteiger partial charge in [0, 0.05) is 37.6 Å². The number of pyridine rings is 1.